The maximum absolute atomic E-state index is 12.4. The molecule has 1 aromatic carbocycles. The monoisotopic (exact) mass is 262 g/mol. The van der Waals surface area contributed by atoms with Gasteiger partial charge in [-0.25, -0.2) is 0 Å². The van der Waals surface area contributed by atoms with Crippen molar-refractivity contribution in [2.45, 2.75) is 19.9 Å². The Hall–Kier alpha value is -1.39. The summed E-state index contributed by atoms with van der Waals surface area (Å²) in [7, 11) is 0. The highest BCUT2D eigenvalue weighted by atomic mass is 16.5. The molecule has 19 heavy (non-hydrogen) atoms. The molecule has 0 radical (unpaired) electrons. The van der Waals surface area contributed by atoms with Gasteiger partial charge in [-0.05, 0) is 38.1 Å². The number of nitrogens with one attached hydrogen (secondary N) is 1. The Labute approximate surface area is 114 Å². The maximum Gasteiger partial charge on any atom is 0.179 e. The summed E-state index contributed by atoms with van der Waals surface area (Å²) in [6.07, 6.45) is 0. The minimum atomic E-state index is -0.0555. The third-order valence-electron chi connectivity index (χ3n) is 3.53. The van der Waals surface area contributed by atoms with Crippen LogP contribution in [0.5, 0.6) is 5.75 Å². The zero-order valence-corrected chi connectivity index (χ0v) is 11.7. The Balaban J connectivity index is 2.01. The van der Waals surface area contributed by atoms with Gasteiger partial charge in [-0.15, -0.1) is 0 Å². The topological polar surface area (TPSA) is 41.6 Å². The Morgan fingerprint density at radius 2 is 1.95 bits per heavy atom. The first-order valence-corrected chi connectivity index (χ1v) is 6.94. The molecule has 1 unspecified atom stereocenters. The fourth-order valence-corrected chi connectivity index (χ4v) is 2.36. The van der Waals surface area contributed by atoms with E-state index in [0.717, 1.165) is 37.5 Å². The highest BCUT2D eigenvalue weighted by Gasteiger charge is 2.23. The average molecular weight is 262 g/mol. The van der Waals surface area contributed by atoms with Crippen LogP contribution in [0, 0.1) is 0 Å². The molecule has 4 heteroatoms. The molecule has 1 aromatic rings. The Morgan fingerprint density at radius 1 is 1.32 bits per heavy atom. The summed E-state index contributed by atoms with van der Waals surface area (Å²) >= 11 is 0. The van der Waals surface area contributed by atoms with Gasteiger partial charge < -0.3 is 10.1 Å². The summed E-state index contributed by atoms with van der Waals surface area (Å²) in [4.78, 5) is 14.6. The lowest BCUT2D eigenvalue weighted by Gasteiger charge is -2.31. The highest BCUT2D eigenvalue weighted by Crippen LogP contribution is 2.15. The summed E-state index contributed by atoms with van der Waals surface area (Å²) in [5.41, 5.74) is 0.759. The molecule has 0 bridgehead atoms. The molecule has 0 aromatic heterocycles. The highest BCUT2D eigenvalue weighted by molar-refractivity contribution is 5.99. The standard InChI is InChI=1S/C15H22N2O2/c1-3-19-14-6-4-13(5-7-14)15(18)12(2)17-10-8-16-9-11-17/h4-7,12,16H,3,8-11H2,1-2H3. The van der Waals surface area contributed by atoms with Crippen LogP contribution in [0.3, 0.4) is 0 Å². The van der Waals surface area contributed by atoms with E-state index >= 15 is 0 Å². The number of Topliss-reactive ketones (excluding diaryl/α,β-unsaturated/α-hetero) is 1. The fraction of sp³-hybridized carbons (Fsp3) is 0.533. The quantitative estimate of drug-likeness (QED) is 0.818. The molecule has 1 N–H and O–H groups in total. The molecule has 1 aliphatic heterocycles. The van der Waals surface area contributed by atoms with Gasteiger partial charge in [0.1, 0.15) is 5.75 Å². The summed E-state index contributed by atoms with van der Waals surface area (Å²) in [6.45, 7) is 8.37. The van der Waals surface area contributed by atoms with Gasteiger partial charge in [-0.3, -0.25) is 9.69 Å². The molecule has 1 atom stereocenters. The van der Waals surface area contributed by atoms with Crippen LogP contribution < -0.4 is 10.1 Å². The lowest BCUT2D eigenvalue weighted by molar-refractivity contribution is 0.0820. The zero-order chi connectivity index (χ0) is 13.7. The second kappa shape index (κ2) is 6.68. The van der Waals surface area contributed by atoms with Crippen LogP contribution in [-0.2, 0) is 0 Å². The number of ether oxygens (including phenoxy) is 1. The van der Waals surface area contributed by atoms with Crippen LogP contribution in [0.1, 0.15) is 24.2 Å². The summed E-state index contributed by atoms with van der Waals surface area (Å²) < 4.78 is 5.39. The zero-order valence-electron chi connectivity index (χ0n) is 11.7. The van der Waals surface area contributed by atoms with Crippen molar-refractivity contribution >= 4 is 5.78 Å². The maximum atomic E-state index is 12.4. The predicted molar refractivity (Wildman–Crippen MR) is 75.8 cm³/mol. The van der Waals surface area contributed by atoms with Gasteiger partial charge in [0.25, 0.3) is 0 Å². The van der Waals surface area contributed by atoms with E-state index in [4.69, 9.17) is 4.74 Å². The number of nitrogens with zero attached hydrogens (tertiary/aromatic N) is 1. The molecule has 0 aliphatic carbocycles. The van der Waals surface area contributed by atoms with Crippen LogP contribution in [-0.4, -0.2) is 49.5 Å². The summed E-state index contributed by atoms with van der Waals surface area (Å²) in [6, 6.07) is 7.38. The molecule has 0 saturated carbocycles. The SMILES string of the molecule is CCOc1ccc(C(=O)C(C)N2CCNCC2)cc1. The smallest absolute Gasteiger partial charge is 0.179 e. The first kappa shape index (κ1) is 14.0. The van der Waals surface area contributed by atoms with E-state index in [-0.39, 0.29) is 11.8 Å². The fourth-order valence-electron chi connectivity index (χ4n) is 2.36. The van der Waals surface area contributed by atoms with Gasteiger partial charge in [-0.2, -0.15) is 0 Å². The lowest BCUT2D eigenvalue weighted by atomic mass is 10.0. The number of carbonyl (C=O) groups is 1. The molecule has 0 spiro atoms. The van der Waals surface area contributed by atoms with Gasteiger partial charge in [0, 0.05) is 31.7 Å². The second-order valence-electron chi connectivity index (χ2n) is 4.78. The van der Waals surface area contributed by atoms with E-state index in [0.29, 0.717) is 6.61 Å². The minimum Gasteiger partial charge on any atom is -0.494 e. The molecule has 1 heterocycles. The number of ketones is 1. The van der Waals surface area contributed by atoms with Crippen molar-refractivity contribution in [1.29, 1.82) is 0 Å². The van der Waals surface area contributed by atoms with Gasteiger partial charge in [0.15, 0.2) is 5.78 Å². The number of benzene rings is 1. The molecule has 2 rings (SSSR count). The van der Waals surface area contributed by atoms with Crippen LogP contribution in [0.25, 0.3) is 0 Å². The normalized spacial score (nSPS) is 18.0. The van der Waals surface area contributed by atoms with Crippen molar-refractivity contribution in [3.63, 3.8) is 0 Å². The molecule has 0 amide bonds. The summed E-state index contributed by atoms with van der Waals surface area (Å²) in [5.74, 6) is 0.999. The van der Waals surface area contributed by atoms with Gasteiger partial charge in [0.2, 0.25) is 0 Å². The molecule has 1 aliphatic rings. The van der Waals surface area contributed by atoms with Crippen molar-refractivity contribution < 1.29 is 9.53 Å². The number of carbonyl (C=O) groups excluding carboxylic acids is 1. The minimum absolute atomic E-state index is 0.0555. The van der Waals surface area contributed by atoms with E-state index in [2.05, 4.69) is 10.2 Å². The molecule has 1 fully saturated rings. The largest absolute Gasteiger partial charge is 0.494 e. The molecule has 1 saturated heterocycles. The Kier molecular flexibility index (Phi) is 4.93. The van der Waals surface area contributed by atoms with Crippen molar-refractivity contribution in [3.8, 4) is 5.75 Å². The Morgan fingerprint density at radius 3 is 2.53 bits per heavy atom. The van der Waals surface area contributed by atoms with E-state index in [9.17, 15) is 4.79 Å². The third-order valence-corrected chi connectivity index (χ3v) is 3.53. The second-order valence-corrected chi connectivity index (χ2v) is 4.78. The summed E-state index contributed by atoms with van der Waals surface area (Å²) in [5, 5.41) is 3.30. The number of rotatable bonds is 5. The lowest BCUT2D eigenvalue weighted by Crippen LogP contribution is -2.50. The van der Waals surface area contributed by atoms with Crippen LogP contribution in [0.2, 0.25) is 0 Å². The molecular weight excluding hydrogens is 240 g/mol. The predicted octanol–water partition coefficient (Wildman–Crippen LogP) is 1.56. The van der Waals surface area contributed by atoms with Crippen molar-refractivity contribution in [2.75, 3.05) is 32.8 Å². The van der Waals surface area contributed by atoms with Crippen molar-refractivity contribution in [2.24, 2.45) is 0 Å². The van der Waals surface area contributed by atoms with Crippen LogP contribution >= 0.6 is 0 Å². The first-order valence-electron chi connectivity index (χ1n) is 6.94. The van der Waals surface area contributed by atoms with Crippen LogP contribution in [0.15, 0.2) is 24.3 Å². The molecule has 4 nitrogen and oxygen atoms in total. The number of hydrogen-bond donors (Lipinski definition) is 1. The van der Waals surface area contributed by atoms with Gasteiger partial charge in [0.05, 0.1) is 12.6 Å². The number of piperazine rings is 1. The van der Waals surface area contributed by atoms with E-state index in [1.54, 1.807) is 0 Å². The first-order chi connectivity index (χ1) is 9.22. The third kappa shape index (κ3) is 3.55. The van der Waals surface area contributed by atoms with E-state index in [1.807, 2.05) is 38.1 Å². The van der Waals surface area contributed by atoms with Crippen LogP contribution in [0.4, 0.5) is 0 Å². The average Bonchev–Trinajstić information content (AvgIpc) is 2.48. The van der Waals surface area contributed by atoms with Gasteiger partial charge >= 0.3 is 0 Å². The van der Waals surface area contributed by atoms with E-state index < -0.39 is 0 Å². The van der Waals surface area contributed by atoms with Crippen molar-refractivity contribution in [3.05, 3.63) is 29.8 Å². The van der Waals surface area contributed by atoms with Gasteiger partial charge in [-0.1, -0.05) is 0 Å². The number of hydrogen-bond acceptors (Lipinski definition) is 4. The molecular formula is C15H22N2O2. The Bertz CT molecular complexity index is 411. The van der Waals surface area contributed by atoms with Crippen molar-refractivity contribution in [1.82, 2.24) is 10.2 Å². The van der Waals surface area contributed by atoms with E-state index in [1.165, 1.54) is 0 Å². The molecule has 104 valence electrons.